The first-order valence-corrected chi connectivity index (χ1v) is 24.4. The third kappa shape index (κ3) is 13.6. The van der Waals surface area contributed by atoms with Crippen molar-refractivity contribution < 1.29 is 36.0 Å². The van der Waals surface area contributed by atoms with Gasteiger partial charge >= 0.3 is 6.03 Å². The lowest BCUT2D eigenvalue weighted by atomic mass is 9.99. The van der Waals surface area contributed by atoms with Gasteiger partial charge in [0.05, 0.1) is 36.4 Å². The number of urea groups is 1. The molecule has 1 saturated heterocycles. The number of carbonyl (C=O) groups excluding carboxylic acids is 3. The lowest BCUT2D eigenvalue weighted by Crippen LogP contribution is -2.51. The van der Waals surface area contributed by atoms with Crippen LogP contribution in [0.5, 0.6) is 5.75 Å². The molecule has 4 amide bonds. The summed E-state index contributed by atoms with van der Waals surface area (Å²) < 4.78 is 65.0. The van der Waals surface area contributed by atoms with Crippen molar-refractivity contribution in [2.24, 2.45) is 15.2 Å². The van der Waals surface area contributed by atoms with Gasteiger partial charge in [-0.05, 0) is 91.1 Å². The Bertz CT molecular complexity index is 2740. The van der Waals surface area contributed by atoms with Crippen LogP contribution in [-0.4, -0.2) is 83.9 Å². The summed E-state index contributed by atoms with van der Waals surface area (Å²) in [6.07, 6.45) is 2.80. The number of carbonyl (C=O) groups is 3. The molecule has 5 aromatic rings. The molecular weight excluding hydrogens is 881 g/mol. The van der Waals surface area contributed by atoms with E-state index in [-0.39, 0.29) is 42.4 Å². The zero-order valence-electron chi connectivity index (χ0n) is 36.9. The number of ether oxygens (including phenoxy) is 1. The fraction of sp³-hybridized carbons (Fsp3) is 0.271. The van der Waals surface area contributed by atoms with Gasteiger partial charge in [0.2, 0.25) is 21.8 Å². The number of amides is 4. The molecule has 18 heteroatoms. The zero-order chi connectivity index (χ0) is 47.3. The molecule has 0 aromatic heterocycles. The summed E-state index contributed by atoms with van der Waals surface area (Å²) in [6, 6.07) is 34.1. The van der Waals surface area contributed by atoms with Gasteiger partial charge in [0.15, 0.2) is 0 Å². The number of likely N-dealkylation sites (tertiary alicyclic amines) is 1. The average molecular weight is 935 g/mol. The number of hydrazone groups is 1. The summed E-state index contributed by atoms with van der Waals surface area (Å²) in [5.41, 5.74) is 13.0. The van der Waals surface area contributed by atoms with Crippen LogP contribution in [0.15, 0.2) is 142 Å². The van der Waals surface area contributed by atoms with Crippen LogP contribution in [0.25, 0.3) is 0 Å². The van der Waals surface area contributed by atoms with Crippen LogP contribution in [0.3, 0.4) is 0 Å². The highest BCUT2D eigenvalue weighted by molar-refractivity contribution is 7.90. The van der Waals surface area contributed by atoms with E-state index in [0.29, 0.717) is 46.4 Å². The van der Waals surface area contributed by atoms with E-state index in [1.165, 1.54) is 24.3 Å². The fourth-order valence-electron chi connectivity index (χ4n) is 7.59. The largest absolute Gasteiger partial charge is 0.496 e. The molecule has 1 fully saturated rings. The van der Waals surface area contributed by atoms with Crippen molar-refractivity contribution in [3.63, 3.8) is 0 Å². The van der Waals surface area contributed by atoms with Gasteiger partial charge in [-0.25, -0.2) is 23.4 Å². The van der Waals surface area contributed by atoms with E-state index < -0.39 is 56.0 Å². The van der Waals surface area contributed by atoms with Gasteiger partial charge < -0.3 is 26.0 Å². The standard InChI is InChI=1S/C48H54N8O8S2/c1-33-27-43(34(2)26-42(33)64-3)66(62,63)55-46(49)39-23-15-18-36(28-39)29-40(30-50-53-48(59)52-45(37-19-9-5-10-20-37)38-21-11-6-12-22-38)51-44(57)31-56-25-14-13-24-41(47(56)58)54-65(60,61)32-35-16-7-4-8-17-35/h4-12,15-23,26-28,30,40-41,45,54H,13-14,24-25,29,31-32H2,1-3H3,(H2,49,55)(H,51,57)(H2,52,53,59)/b50-30+. The third-order valence-corrected chi connectivity index (χ3v) is 13.6. The number of nitrogens with zero attached hydrogens (tertiary/aromatic N) is 3. The third-order valence-electron chi connectivity index (χ3n) is 10.8. The van der Waals surface area contributed by atoms with Crippen molar-refractivity contribution in [1.82, 2.24) is 25.7 Å². The Morgan fingerprint density at radius 1 is 0.818 bits per heavy atom. The molecule has 66 heavy (non-hydrogen) atoms. The summed E-state index contributed by atoms with van der Waals surface area (Å²) in [7, 11) is -6.64. The minimum Gasteiger partial charge on any atom is -0.496 e. The maximum Gasteiger partial charge on any atom is 0.335 e. The summed E-state index contributed by atoms with van der Waals surface area (Å²) in [4.78, 5) is 42.2. The van der Waals surface area contributed by atoms with Crippen LogP contribution in [0.4, 0.5) is 4.79 Å². The van der Waals surface area contributed by atoms with Crippen LogP contribution in [0.1, 0.15) is 64.2 Å². The second-order valence-corrected chi connectivity index (χ2v) is 19.2. The van der Waals surface area contributed by atoms with E-state index in [4.69, 9.17) is 10.5 Å². The molecule has 1 aliphatic heterocycles. The fourth-order valence-corrected chi connectivity index (χ4v) is 10.2. The smallest absolute Gasteiger partial charge is 0.335 e. The molecule has 1 heterocycles. The topological polar surface area (TPSA) is 231 Å². The van der Waals surface area contributed by atoms with Crippen molar-refractivity contribution in [2.75, 3.05) is 20.2 Å². The lowest BCUT2D eigenvalue weighted by molar-refractivity contribution is -0.137. The van der Waals surface area contributed by atoms with Crippen molar-refractivity contribution in [3.05, 3.63) is 166 Å². The number of nitrogens with two attached hydrogens (primary N) is 1. The molecule has 0 saturated carbocycles. The van der Waals surface area contributed by atoms with Gasteiger partial charge in [-0.2, -0.15) is 13.5 Å². The van der Waals surface area contributed by atoms with E-state index in [1.54, 1.807) is 74.5 Å². The molecular formula is C48H54N8O8S2. The van der Waals surface area contributed by atoms with E-state index in [9.17, 15) is 31.2 Å². The molecule has 2 unspecified atom stereocenters. The molecule has 5 aromatic carbocycles. The summed E-state index contributed by atoms with van der Waals surface area (Å²) in [6.45, 7) is 3.20. The van der Waals surface area contributed by atoms with Crippen molar-refractivity contribution in [3.8, 4) is 5.75 Å². The van der Waals surface area contributed by atoms with Crippen LogP contribution < -0.4 is 31.3 Å². The molecule has 0 radical (unpaired) electrons. The summed E-state index contributed by atoms with van der Waals surface area (Å²) in [5, 5.41) is 10.0. The maximum atomic E-state index is 13.8. The normalized spacial score (nSPS) is 15.3. The summed E-state index contributed by atoms with van der Waals surface area (Å²) in [5.74, 6) is -1.13. The number of aryl methyl sites for hydroxylation is 2. The van der Waals surface area contributed by atoms with Gasteiger partial charge in [-0.3, -0.25) is 9.59 Å². The molecule has 346 valence electrons. The predicted octanol–water partition coefficient (Wildman–Crippen LogP) is 5.01. The molecule has 16 nitrogen and oxygen atoms in total. The Labute approximate surface area is 385 Å². The molecule has 2 atom stereocenters. The molecule has 6 rings (SSSR count). The first-order chi connectivity index (χ1) is 31.6. The number of sulfonamides is 2. The van der Waals surface area contributed by atoms with Crippen LogP contribution in [0.2, 0.25) is 0 Å². The van der Waals surface area contributed by atoms with Crippen LogP contribution in [-0.2, 0) is 41.8 Å². The van der Waals surface area contributed by atoms with Gasteiger partial charge in [0.1, 0.15) is 17.6 Å². The van der Waals surface area contributed by atoms with Gasteiger partial charge in [-0.15, -0.1) is 4.40 Å². The van der Waals surface area contributed by atoms with Gasteiger partial charge in [0.25, 0.3) is 10.0 Å². The Morgan fingerprint density at radius 3 is 2.11 bits per heavy atom. The highest BCUT2D eigenvalue weighted by Crippen LogP contribution is 2.27. The van der Waals surface area contributed by atoms with Crippen molar-refractivity contribution in [2.45, 2.75) is 68.3 Å². The van der Waals surface area contributed by atoms with Crippen molar-refractivity contribution >= 4 is 49.9 Å². The molecule has 1 aliphatic rings. The highest BCUT2D eigenvalue weighted by Gasteiger charge is 2.32. The number of hydrogen-bond acceptors (Lipinski definition) is 9. The van der Waals surface area contributed by atoms with Crippen LogP contribution in [0, 0.1) is 13.8 Å². The first-order valence-electron chi connectivity index (χ1n) is 21.3. The number of rotatable bonds is 18. The number of hydrogen-bond donors (Lipinski definition) is 5. The van der Waals surface area contributed by atoms with E-state index >= 15 is 0 Å². The van der Waals surface area contributed by atoms with Gasteiger partial charge in [0, 0.05) is 18.3 Å². The van der Waals surface area contributed by atoms with E-state index in [2.05, 4.69) is 30.3 Å². The Kier molecular flexibility index (Phi) is 16.4. The average Bonchev–Trinajstić information content (AvgIpc) is 3.45. The number of nitrogens with one attached hydrogen (secondary N) is 4. The minimum absolute atomic E-state index is 0.0203. The van der Waals surface area contributed by atoms with Crippen LogP contribution >= 0.6 is 0 Å². The molecule has 6 N–H and O–H groups in total. The predicted molar refractivity (Wildman–Crippen MR) is 254 cm³/mol. The number of benzene rings is 5. The first kappa shape index (κ1) is 48.6. The Hall–Kier alpha value is -6.89. The molecule has 0 spiro atoms. The number of methoxy groups -OCH3 is 1. The van der Waals surface area contributed by atoms with E-state index in [0.717, 1.165) is 11.1 Å². The highest BCUT2D eigenvalue weighted by atomic mass is 32.2. The number of amidine groups is 1. The second kappa shape index (κ2) is 22.3. The monoisotopic (exact) mass is 934 g/mol. The SMILES string of the molecule is COc1cc(C)c(S(=O)(=O)/N=C(\N)c2cccc(CC(/C=N/NC(=O)NC(c3ccccc3)c3ccccc3)NC(=O)CN3CCCCC(NS(=O)(=O)Cc4ccccc4)C3=O)c2)cc1C. The minimum atomic E-state index is -4.24. The quantitative estimate of drug-likeness (QED) is 0.0451. The lowest BCUT2D eigenvalue weighted by Gasteiger charge is -2.25. The van der Waals surface area contributed by atoms with Crippen molar-refractivity contribution in [1.29, 1.82) is 0 Å². The van der Waals surface area contributed by atoms with Gasteiger partial charge in [-0.1, -0.05) is 109 Å². The Morgan fingerprint density at radius 2 is 1.45 bits per heavy atom. The summed E-state index contributed by atoms with van der Waals surface area (Å²) >= 11 is 0. The molecule has 0 bridgehead atoms. The second-order valence-electron chi connectivity index (χ2n) is 15.9. The zero-order valence-corrected chi connectivity index (χ0v) is 38.5. The van der Waals surface area contributed by atoms with E-state index in [1.807, 2.05) is 60.7 Å². The maximum absolute atomic E-state index is 13.8. The Balaban J connectivity index is 1.20. The molecule has 0 aliphatic carbocycles.